The molecule has 90 valence electrons. The fourth-order valence-corrected chi connectivity index (χ4v) is 2.31. The Morgan fingerprint density at radius 2 is 2.00 bits per heavy atom. The van der Waals surface area contributed by atoms with Gasteiger partial charge in [-0.25, -0.2) is 4.98 Å². The summed E-state index contributed by atoms with van der Waals surface area (Å²) in [5, 5.41) is 1.05. The Balaban J connectivity index is 2.04. The minimum Gasteiger partial charge on any atom is -0.497 e. The van der Waals surface area contributed by atoms with Crippen LogP contribution in [0.1, 0.15) is 10.4 Å². The molecule has 0 aliphatic carbocycles. The van der Waals surface area contributed by atoms with Gasteiger partial charge in [0.25, 0.3) is 0 Å². The molecule has 1 aromatic heterocycles. The topological polar surface area (TPSA) is 25.4 Å². The maximum Gasteiger partial charge on any atom is 0.185 e. The number of nitrogens with zero attached hydrogens (tertiary/aromatic N) is 2. The third-order valence-corrected chi connectivity index (χ3v) is 3.54. The van der Waals surface area contributed by atoms with E-state index in [2.05, 4.69) is 36.0 Å². The van der Waals surface area contributed by atoms with Crippen molar-refractivity contribution in [3.8, 4) is 5.75 Å². The van der Waals surface area contributed by atoms with Gasteiger partial charge in [0.05, 0.1) is 7.11 Å². The van der Waals surface area contributed by atoms with Gasteiger partial charge in [-0.1, -0.05) is 12.1 Å². The predicted molar refractivity (Wildman–Crippen MR) is 72.0 cm³/mol. The molecule has 0 aliphatic heterocycles. The van der Waals surface area contributed by atoms with Crippen LogP contribution in [0.25, 0.3) is 0 Å². The molecule has 17 heavy (non-hydrogen) atoms. The Morgan fingerprint density at radius 3 is 2.53 bits per heavy atom. The molecule has 0 amide bonds. The zero-order chi connectivity index (χ0) is 12.3. The summed E-state index contributed by atoms with van der Waals surface area (Å²) in [5.41, 5.74) is 1.25. The normalized spacial score (nSPS) is 10.3. The van der Waals surface area contributed by atoms with E-state index in [9.17, 15) is 0 Å². The third-order valence-electron chi connectivity index (χ3n) is 2.51. The van der Waals surface area contributed by atoms with E-state index in [-0.39, 0.29) is 0 Å². The second kappa shape index (κ2) is 5.19. The molecule has 2 aromatic rings. The van der Waals surface area contributed by atoms with Gasteiger partial charge in [-0.05, 0) is 24.6 Å². The highest BCUT2D eigenvalue weighted by Gasteiger charge is 2.05. The highest BCUT2D eigenvalue weighted by molar-refractivity contribution is 7.15. The molecule has 2 rings (SSSR count). The molecule has 0 saturated carbocycles. The number of rotatable bonds is 4. The van der Waals surface area contributed by atoms with Gasteiger partial charge in [-0.3, -0.25) is 0 Å². The number of ether oxygens (including phenoxy) is 1. The number of aromatic nitrogens is 1. The zero-order valence-electron chi connectivity index (χ0n) is 10.3. The molecule has 1 aromatic carbocycles. The van der Waals surface area contributed by atoms with E-state index in [1.165, 1.54) is 10.4 Å². The van der Waals surface area contributed by atoms with Gasteiger partial charge in [0.1, 0.15) is 5.75 Å². The molecule has 0 unspecified atom stereocenters. The first-order valence-corrected chi connectivity index (χ1v) is 6.27. The Kier molecular flexibility index (Phi) is 3.64. The van der Waals surface area contributed by atoms with Crippen molar-refractivity contribution < 1.29 is 4.74 Å². The van der Waals surface area contributed by atoms with Crippen molar-refractivity contribution in [3.63, 3.8) is 0 Å². The van der Waals surface area contributed by atoms with E-state index in [1.807, 2.05) is 18.3 Å². The van der Waals surface area contributed by atoms with Gasteiger partial charge in [0, 0.05) is 24.7 Å². The Hall–Kier alpha value is -1.55. The lowest BCUT2D eigenvalue weighted by Crippen LogP contribution is -2.15. The number of aryl methyl sites for hydroxylation is 1. The maximum absolute atomic E-state index is 5.14. The van der Waals surface area contributed by atoms with Crippen LogP contribution in [0, 0.1) is 6.92 Å². The van der Waals surface area contributed by atoms with Crippen LogP contribution in [0.15, 0.2) is 30.5 Å². The molecule has 0 atom stereocenters. The maximum atomic E-state index is 5.14. The first kappa shape index (κ1) is 11.9. The number of methoxy groups -OCH3 is 1. The van der Waals surface area contributed by atoms with Crippen LogP contribution in [0.5, 0.6) is 5.75 Å². The van der Waals surface area contributed by atoms with E-state index >= 15 is 0 Å². The van der Waals surface area contributed by atoms with Crippen molar-refractivity contribution in [3.05, 3.63) is 40.9 Å². The number of thiazole rings is 1. The standard InChI is InChI=1S/C13H16N2OS/c1-10-8-14-13(17-10)15(2)9-11-4-6-12(16-3)7-5-11/h4-8H,9H2,1-3H3. The lowest BCUT2D eigenvalue weighted by Gasteiger charge is -2.15. The van der Waals surface area contributed by atoms with Crippen molar-refractivity contribution in [1.82, 2.24) is 4.98 Å². The van der Waals surface area contributed by atoms with Crippen LogP contribution in [0.3, 0.4) is 0 Å². The highest BCUT2D eigenvalue weighted by atomic mass is 32.1. The number of hydrogen-bond donors (Lipinski definition) is 0. The minimum atomic E-state index is 0.858. The van der Waals surface area contributed by atoms with Crippen molar-refractivity contribution in [2.24, 2.45) is 0 Å². The van der Waals surface area contributed by atoms with Gasteiger partial charge in [-0.15, -0.1) is 11.3 Å². The summed E-state index contributed by atoms with van der Waals surface area (Å²) < 4.78 is 5.14. The quantitative estimate of drug-likeness (QED) is 0.831. The summed E-state index contributed by atoms with van der Waals surface area (Å²) in [6.45, 7) is 2.93. The molecule has 3 nitrogen and oxygen atoms in total. The molecular weight excluding hydrogens is 232 g/mol. The van der Waals surface area contributed by atoms with E-state index < -0.39 is 0 Å². The van der Waals surface area contributed by atoms with Gasteiger partial charge < -0.3 is 9.64 Å². The predicted octanol–water partition coefficient (Wildman–Crippen LogP) is 3.10. The van der Waals surface area contributed by atoms with Gasteiger partial charge in [-0.2, -0.15) is 0 Å². The Morgan fingerprint density at radius 1 is 1.29 bits per heavy atom. The molecule has 0 aliphatic rings. The highest BCUT2D eigenvalue weighted by Crippen LogP contribution is 2.22. The van der Waals surface area contributed by atoms with Crippen LogP contribution in [0.2, 0.25) is 0 Å². The van der Waals surface area contributed by atoms with Crippen LogP contribution in [-0.4, -0.2) is 19.1 Å². The fourth-order valence-electron chi connectivity index (χ4n) is 1.59. The Labute approximate surface area is 106 Å². The van der Waals surface area contributed by atoms with Gasteiger partial charge in [0.15, 0.2) is 5.13 Å². The SMILES string of the molecule is COc1ccc(CN(C)c2ncc(C)s2)cc1. The Bertz CT molecular complexity index is 478. The van der Waals surface area contributed by atoms with Gasteiger partial charge >= 0.3 is 0 Å². The van der Waals surface area contributed by atoms with Crippen molar-refractivity contribution in [1.29, 1.82) is 0 Å². The summed E-state index contributed by atoms with van der Waals surface area (Å²) in [7, 11) is 3.74. The molecule has 1 heterocycles. The third kappa shape index (κ3) is 2.97. The summed E-state index contributed by atoms with van der Waals surface area (Å²) in [4.78, 5) is 7.76. The summed E-state index contributed by atoms with van der Waals surface area (Å²) in [5.74, 6) is 0.890. The average Bonchev–Trinajstić information content (AvgIpc) is 2.77. The second-order valence-electron chi connectivity index (χ2n) is 3.96. The molecule has 0 spiro atoms. The van der Waals surface area contributed by atoms with Crippen LogP contribution < -0.4 is 9.64 Å². The second-order valence-corrected chi connectivity index (χ2v) is 5.17. The van der Waals surface area contributed by atoms with E-state index in [0.717, 1.165) is 17.4 Å². The molecule has 0 radical (unpaired) electrons. The first-order chi connectivity index (χ1) is 8.19. The summed E-state index contributed by atoms with van der Waals surface area (Å²) in [6, 6.07) is 8.12. The van der Waals surface area contributed by atoms with Crippen molar-refractivity contribution >= 4 is 16.5 Å². The number of hydrogen-bond acceptors (Lipinski definition) is 4. The van der Waals surface area contributed by atoms with E-state index in [4.69, 9.17) is 4.74 Å². The largest absolute Gasteiger partial charge is 0.497 e. The minimum absolute atomic E-state index is 0.858. The van der Waals surface area contributed by atoms with Crippen LogP contribution >= 0.6 is 11.3 Å². The summed E-state index contributed by atoms with van der Waals surface area (Å²) >= 11 is 1.71. The number of anilines is 1. The van der Waals surface area contributed by atoms with Crippen LogP contribution in [-0.2, 0) is 6.54 Å². The number of benzene rings is 1. The molecular formula is C13H16N2OS. The zero-order valence-corrected chi connectivity index (χ0v) is 11.1. The lowest BCUT2D eigenvalue weighted by atomic mass is 10.2. The van der Waals surface area contributed by atoms with Crippen molar-refractivity contribution in [2.45, 2.75) is 13.5 Å². The van der Waals surface area contributed by atoms with Crippen LogP contribution in [0.4, 0.5) is 5.13 Å². The van der Waals surface area contributed by atoms with Gasteiger partial charge in [0.2, 0.25) is 0 Å². The molecule has 0 N–H and O–H groups in total. The molecule has 4 heteroatoms. The van der Waals surface area contributed by atoms with Crippen molar-refractivity contribution in [2.75, 3.05) is 19.1 Å². The molecule has 0 fully saturated rings. The fraction of sp³-hybridized carbons (Fsp3) is 0.308. The van der Waals surface area contributed by atoms with E-state index in [0.29, 0.717) is 0 Å². The molecule has 0 saturated heterocycles. The van der Waals surface area contributed by atoms with E-state index in [1.54, 1.807) is 18.4 Å². The molecule has 0 bridgehead atoms. The monoisotopic (exact) mass is 248 g/mol. The first-order valence-electron chi connectivity index (χ1n) is 5.45. The lowest BCUT2D eigenvalue weighted by molar-refractivity contribution is 0.414. The summed E-state index contributed by atoms with van der Waals surface area (Å²) in [6.07, 6.45) is 1.91. The average molecular weight is 248 g/mol. The smallest absolute Gasteiger partial charge is 0.185 e.